The molecule has 0 fully saturated rings. The van der Waals surface area contributed by atoms with E-state index in [0.29, 0.717) is 0 Å². The zero-order chi connectivity index (χ0) is 25.4. The Balaban J connectivity index is 3.20. The maximum atomic E-state index is 13.7. The van der Waals surface area contributed by atoms with E-state index in [1.54, 1.807) is 0 Å². The summed E-state index contributed by atoms with van der Waals surface area (Å²) >= 11 is 0.748. The predicted octanol–water partition coefficient (Wildman–Crippen LogP) is 6.90. The standard InChI is InChI=1S/C16H8F13IO2/c17-11(18,6-9(30)7-32-10(31)8-4-2-1-3-5-8)12(19,20)13(21,22)14(23,24)15(25,26)16(27,28)29/h1-6H,7H2/b9-6+. The zero-order valence-corrected chi connectivity index (χ0v) is 16.9. The number of hydrogen-bond acceptors (Lipinski definition) is 2. The number of carbonyl (C=O) groups is 1. The molecule has 0 aliphatic carbocycles. The number of hydrogen-bond donors (Lipinski definition) is 0. The van der Waals surface area contributed by atoms with Crippen molar-refractivity contribution in [1.82, 2.24) is 0 Å². The molecular formula is C16H8F13IO2. The maximum absolute atomic E-state index is 13.7. The molecule has 0 heterocycles. The molecule has 0 aliphatic heterocycles. The second-order valence-corrected chi connectivity index (χ2v) is 7.34. The largest absolute Gasteiger partial charge is 0.460 e. The van der Waals surface area contributed by atoms with Crippen molar-refractivity contribution in [2.75, 3.05) is 6.61 Å². The minimum Gasteiger partial charge on any atom is -0.457 e. The average molecular weight is 606 g/mol. The van der Waals surface area contributed by atoms with Gasteiger partial charge in [0.2, 0.25) is 0 Å². The second-order valence-electron chi connectivity index (χ2n) is 5.95. The number of alkyl halides is 13. The molecule has 0 radical (unpaired) electrons. The van der Waals surface area contributed by atoms with Crippen molar-refractivity contribution in [3.05, 3.63) is 45.6 Å². The van der Waals surface area contributed by atoms with Crippen molar-refractivity contribution in [3.8, 4) is 0 Å². The highest BCUT2D eigenvalue weighted by Crippen LogP contribution is 2.60. The molecule has 0 saturated heterocycles. The van der Waals surface area contributed by atoms with Gasteiger partial charge in [0.25, 0.3) is 0 Å². The third-order valence-corrected chi connectivity index (χ3v) is 4.27. The van der Waals surface area contributed by atoms with Crippen molar-refractivity contribution in [3.63, 3.8) is 0 Å². The van der Waals surface area contributed by atoms with E-state index in [4.69, 9.17) is 0 Å². The van der Waals surface area contributed by atoms with Crippen LogP contribution in [0.1, 0.15) is 10.4 Å². The fraction of sp³-hybridized carbons (Fsp3) is 0.438. The number of halogens is 14. The van der Waals surface area contributed by atoms with E-state index in [1.807, 2.05) is 0 Å². The molecule has 2 nitrogen and oxygen atoms in total. The summed E-state index contributed by atoms with van der Waals surface area (Å²) in [7, 11) is 0. The van der Waals surface area contributed by atoms with Gasteiger partial charge in [-0.2, -0.15) is 57.1 Å². The summed E-state index contributed by atoms with van der Waals surface area (Å²) in [5.41, 5.74) is -0.158. The first-order valence-electron chi connectivity index (χ1n) is 7.68. The first-order valence-corrected chi connectivity index (χ1v) is 8.76. The Morgan fingerprint density at radius 2 is 1.19 bits per heavy atom. The highest BCUT2D eigenvalue weighted by atomic mass is 127. The van der Waals surface area contributed by atoms with E-state index in [0.717, 1.165) is 22.6 Å². The van der Waals surface area contributed by atoms with Gasteiger partial charge < -0.3 is 4.74 Å². The molecule has 0 N–H and O–H groups in total. The van der Waals surface area contributed by atoms with Crippen LogP contribution in [0.4, 0.5) is 57.1 Å². The Morgan fingerprint density at radius 3 is 1.62 bits per heavy atom. The summed E-state index contributed by atoms with van der Waals surface area (Å²) in [5.74, 6) is -38.6. The minimum absolute atomic E-state index is 0.158. The smallest absolute Gasteiger partial charge is 0.457 e. The van der Waals surface area contributed by atoms with Crippen LogP contribution in [-0.2, 0) is 4.74 Å². The number of carbonyl (C=O) groups excluding carboxylic acids is 1. The van der Waals surface area contributed by atoms with Crippen LogP contribution in [0.5, 0.6) is 0 Å². The maximum Gasteiger partial charge on any atom is 0.460 e. The van der Waals surface area contributed by atoms with Gasteiger partial charge in [-0.3, -0.25) is 0 Å². The fourth-order valence-corrected chi connectivity index (χ4v) is 2.45. The molecule has 0 bridgehead atoms. The molecule has 0 aromatic heterocycles. The van der Waals surface area contributed by atoms with E-state index in [1.165, 1.54) is 30.3 Å². The van der Waals surface area contributed by atoms with Crippen molar-refractivity contribution in [2.45, 2.75) is 35.8 Å². The summed E-state index contributed by atoms with van der Waals surface area (Å²) < 4.78 is 172. The van der Waals surface area contributed by atoms with Crippen LogP contribution < -0.4 is 0 Å². The van der Waals surface area contributed by atoms with E-state index < -0.39 is 58.0 Å². The second kappa shape index (κ2) is 8.89. The molecule has 0 atom stereocenters. The van der Waals surface area contributed by atoms with Gasteiger partial charge in [-0.05, 0) is 34.7 Å². The highest BCUT2D eigenvalue weighted by Gasteiger charge is 2.90. The molecule has 1 rings (SSSR count). The zero-order valence-electron chi connectivity index (χ0n) is 14.8. The Kier molecular flexibility index (Phi) is 7.86. The SMILES string of the molecule is O=C(OC/C(I)=C\C(F)(F)C(F)(F)C(F)(F)C(F)(F)C(F)(F)C(F)(F)F)c1ccccc1. The molecule has 1 aromatic rings. The van der Waals surface area contributed by atoms with Crippen molar-refractivity contribution in [2.24, 2.45) is 0 Å². The summed E-state index contributed by atoms with van der Waals surface area (Å²) in [6.07, 6.45) is -8.59. The third-order valence-electron chi connectivity index (χ3n) is 3.65. The molecule has 16 heteroatoms. The van der Waals surface area contributed by atoms with E-state index in [-0.39, 0.29) is 5.56 Å². The van der Waals surface area contributed by atoms with Gasteiger partial charge in [-0.25, -0.2) is 4.79 Å². The van der Waals surface area contributed by atoms with Crippen molar-refractivity contribution in [1.29, 1.82) is 0 Å². The van der Waals surface area contributed by atoms with Gasteiger partial charge in [0.15, 0.2) is 0 Å². The van der Waals surface area contributed by atoms with E-state index in [2.05, 4.69) is 4.74 Å². The molecule has 32 heavy (non-hydrogen) atoms. The Hall–Kier alpha value is -1.75. The Morgan fingerprint density at radius 1 is 0.750 bits per heavy atom. The number of esters is 1. The number of allylic oxidation sites excluding steroid dienone is 1. The first-order chi connectivity index (χ1) is 14.1. The Bertz CT molecular complexity index is 847. The van der Waals surface area contributed by atoms with E-state index in [9.17, 15) is 61.9 Å². The topological polar surface area (TPSA) is 26.3 Å². The monoisotopic (exact) mass is 606 g/mol. The lowest BCUT2D eigenvalue weighted by atomic mass is 9.94. The van der Waals surface area contributed by atoms with Crippen LogP contribution in [0.15, 0.2) is 40.0 Å². The molecule has 182 valence electrons. The van der Waals surface area contributed by atoms with Gasteiger partial charge >= 0.3 is 41.8 Å². The van der Waals surface area contributed by atoms with E-state index >= 15 is 0 Å². The Labute approximate surface area is 183 Å². The lowest BCUT2D eigenvalue weighted by Gasteiger charge is -2.39. The first kappa shape index (κ1) is 28.3. The van der Waals surface area contributed by atoms with Crippen LogP contribution in [0.25, 0.3) is 0 Å². The molecular weight excluding hydrogens is 598 g/mol. The van der Waals surface area contributed by atoms with Gasteiger partial charge in [0.1, 0.15) is 6.61 Å². The fourth-order valence-electron chi connectivity index (χ4n) is 1.90. The van der Waals surface area contributed by atoms with Crippen LogP contribution in [-0.4, -0.2) is 48.4 Å². The van der Waals surface area contributed by atoms with Crippen LogP contribution in [0.2, 0.25) is 0 Å². The van der Waals surface area contributed by atoms with Crippen LogP contribution >= 0.6 is 22.6 Å². The lowest BCUT2D eigenvalue weighted by molar-refractivity contribution is -0.436. The van der Waals surface area contributed by atoms with Crippen LogP contribution in [0, 0.1) is 0 Å². The average Bonchev–Trinajstić information content (AvgIpc) is 2.64. The normalized spacial score (nSPS) is 15.0. The molecule has 0 unspecified atom stereocenters. The van der Waals surface area contributed by atoms with Crippen LogP contribution in [0.3, 0.4) is 0 Å². The molecule has 0 amide bonds. The number of benzene rings is 1. The highest BCUT2D eigenvalue weighted by molar-refractivity contribution is 14.1. The lowest BCUT2D eigenvalue weighted by Crippen LogP contribution is -2.69. The van der Waals surface area contributed by atoms with Crippen molar-refractivity contribution < 1.29 is 66.6 Å². The molecule has 0 aliphatic rings. The van der Waals surface area contributed by atoms with Gasteiger partial charge in [0.05, 0.1) is 5.56 Å². The quantitative estimate of drug-likeness (QED) is 0.183. The summed E-state index contributed by atoms with van der Waals surface area (Å²) in [6.45, 7) is -1.28. The molecule has 0 saturated carbocycles. The minimum atomic E-state index is -7.97. The molecule has 1 aromatic carbocycles. The molecule has 0 spiro atoms. The summed E-state index contributed by atoms with van der Waals surface area (Å²) in [6, 6.07) is 6.48. The number of rotatable bonds is 8. The number of ether oxygens (including phenoxy) is 1. The summed E-state index contributed by atoms with van der Waals surface area (Å²) in [5, 5.41) is 0. The van der Waals surface area contributed by atoms with Gasteiger partial charge in [-0.1, -0.05) is 18.2 Å². The summed E-state index contributed by atoms with van der Waals surface area (Å²) in [4.78, 5) is 11.6. The van der Waals surface area contributed by atoms with Gasteiger partial charge in [0, 0.05) is 9.66 Å². The predicted molar refractivity (Wildman–Crippen MR) is 89.6 cm³/mol. The van der Waals surface area contributed by atoms with Crippen molar-refractivity contribution >= 4 is 28.6 Å². The third kappa shape index (κ3) is 4.93. The van der Waals surface area contributed by atoms with Gasteiger partial charge in [-0.15, -0.1) is 0 Å².